The Morgan fingerprint density at radius 1 is 1.20 bits per heavy atom. The lowest BCUT2D eigenvalue weighted by Crippen LogP contribution is -2.48. The summed E-state index contributed by atoms with van der Waals surface area (Å²) in [6.07, 6.45) is 4.50. The summed E-state index contributed by atoms with van der Waals surface area (Å²) < 4.78 is 6.21. The number of carbonyl (C=O) groups is 1. The second-order valence-corrected chi connectivity index (χ2v) is 7.69. The lowest BCUT2D eigenvalue weighted by Gasteiger charge is -2.35. The summed E-state index contributed by atoms with van der Waals surface area (Å²) in [5.74, 6) is 1.29. The van der Waals surface area contributed by atoms with E-state index in [1.165, 1.54) is 6.33 Å². The Morgan fingerprint density at radius 2 is 2.03 bits per heavy atom. The number of nitrogens with one attached hydrogen (secondary N) is 1. The molecule has 1 aliphatic heterocycles. The molecule has 1 amide bonds. The van der Waals surface area contributed by atoms with Crippen molar-refractivity contribution >= 4 is 39.9 Å². The number of rotatable bonds is 6. The molecule has 0 unspecified atom stereocenters. The third kappa shape index (κ3) is 4.47. The second kappa shape index (κ2) is 9.28. The molecule has 0 spiro atoms. The van der Waals surface area contributed by atoms with Gasteiger partial charge in [-0.1, -0.05) is 17.7 Å². The number of anilines is 2. The van der Waals surface area contributed by atoms with E-state index in [-0.39, 0.29) is 18.5 Å². The largest absolute Gasteiger partial charge is 0.491 e. The maximum atomic E-state index is 12.2. The van der Waals surface area contributed by atoms with Crippen LogP contribution in [0.15, 0.2) is 48.8 Å². The fourth-order valence-electron chi connectivity index (χ4n) is 3.77. The Balaban J connectivity index is 1.59. The number of piperidine rings is 1. The number of hydrogen-bond acceptors (Lipinski definition) is 6. The minimum Gasteiger partial charge on any atom is -0.491 e. The smallest absolute Gasteiger partial charge is 0.236 e. The van der Waals surface area contributed by atoms with Crippen molar-refractivity contribution in [2.24, 2.45) is 5.73 Å². The van der Waals surface area contributed by atoms with E-state index >= 15 is 0 Å². The SMILES string of the molecule is NCC(=O)N1CCCC[C@@H]1COc1cccc2ncnc(Nc3ccc(Cl)cc3)c12. The topological polar surface area (TPSA) is 93.4 Å². The normalized spacial score (nSPS) is 16.5. The number of nitrogens with two attached hydrogens (primary N) is 1. The molecule has 3 N–H and O–H groups in total. The highest BCUT2D eigenvalue weighted by molar-refractivity contribution is 6.30. The summed E-state index contributed by atoms with van der Waals surface area (Å²) in [6.45, 7) is 1.15. The third-order valence-electron chi connectivity index (χ3n) is 5.28. The summed E-state index contributed by atoms with van der Waals surface area (Å²) >= 11 is 5.99. The van der Waals surface area contributed by atoms with Gasteiger partial charge in [0.1, 0.15) is 24.5 Å². The highest BCUT2D eigenvalue weighted by Crippen LogP contribution is 2.32. The molecule has 3 aromatic rings. The van der Waals surface area contributed by atoms with Crippen molar-refractivity contribution in [3.63, 3.8) is 0 Å². The molecule has 4 rings (SSSR count). The van der Waals surface area contributed by atoms with Crippen LogP contribution in [0.5, 0.6) is 5.75 Å². The highest BCUT2D eigenvalue weighted by atomic mass is 35.5. The summed E-state index contributed by atoms with van der Waals surface area (Å²) in [6, 6.07) is 13.1. The molecule has 0 saturated carbocycles. The zero-order valence-corrected chi connectivity index (χ0v) is 17.3. The first-order chi connectivity index (χ1) is 14.7. The van der Waals surface area contributed by atoms with Crippen LogP contribution in [0.1, 0.15) is 19.3 Å². The van der Waals surface area contributed by atoms with Gasteiger partial charge in [0.2, 0.25) is 5.91 Å². The number of fused-ring (bicyclic) bond motifs is 1. The number of amides is 1. The number of halogens is 1. The monoisotopic (exact) mass is 425 g/mol. The van der Waals surface area contributed by atoms with Gasteiger partial charge in [-0.05, 0) is 55.7 Å². The van der Waals surface area contributed by atoms with Crippen LogP contribution in [-0.4, -0.2) is 46.5 Å². The van der Waals surface area contributed by atoms with Gasteiger partial charge in [-0.15, -0.1) is 0 Å². The van der Waals surface area contributed by atoms with Crippen molar-refractivity contribution < 1.29 is 9.53 Å². The standard InChI is InChI=1S/C22H24ClN5O2/c23-15-7-9-16(10-8-15)27-22-21-18(25-14-26-22)5-3-6-19(21)30-13-17-4-1-2-11-28(17)20(29)12-24/h3,5-10,14,17H,1-2,4,11-13,24H2,(H,25,26,27)/t17-/m1/s1. The van der Waals surface area contributed by atoms with Gasteiger partial charge in [0.05, 0.1) is 23.5 Å². The van der Waals surface area contributed by atoms with Crippen LogP contribution in [0, 0.1) is 0 Å². The van der Waals surface area contributed by atoms with Crippen molar-refractivity contribution in [3.8, 4) is 5.75 Å². The molecular formula is C22H24ClN5O2. The van der Waals surface area contributed by atoms with Crippen LogP contribution >= 0.6 is 11.6 Å². The van der Waals surface area contributed by atoms with Gasteiger partial charge in [0.25, 0.3) is 0 Å². The molecule has 30 heavy (non-hydrogen) atoms. The van der Waals surface area contributed by atoms with Crippen molar-refractivity contribution in [2.75, 3.05) is 25.0 Å². The summed E-state index contributed by atoms with van der Waals surface area (Å²) in [4.78, 5) is 22.8. The molecule has 0 radical (unpaired) electrons. The van der Waals surface area contributed by atoms with Crippen LogP contribution in [0.2, 0.25) is 5.02 Å². The number of ether oxygens (including phenoxy) is 1. The first kappa shape index (κ1) is 20.4. The minimum atomic E-state index is -0.0327. The molecule has 2 heterocycles. The number of nitrogens with zero attached hydrogens (tertiary/aromatic N) is 3. The van der Waals surface area contributed by atoms with Crippen molar-refractivity contribution in [1.82, 2.24) is 14.9 Å². The van der Waals surface area contributed by atoms with Gasteiger partial charge >= 0.3 is 0 Å². The minimum absolute atomic E-state index is 0.0161. The van der Waals surface area contributed by atoms with E-state index in [1.807, 2.05) is 47.4 Å². The predicted octanol–water partition coefficient (Wildman–Crippen LogP) is 3.75. The van der Waals surface area contributed by atoms with E-state index in [0.717, 1.165) is 42.4 Å². The Bertz CT molecular complexity index is 1020. The van der Waals surface area contributed by atoms with Crippen molar-refractivity contribution in [2.45, 2.75) is 25.3 Å². The molecule has 0 aliphatic carbocycles. The lowest BCUT2D eigenvalue weighted by atomic mass is 10.0. The molecule has 1 atom stereocenters. The molecule has 1 saturated heterocycles. The van der Waals surface area contributed by atoms with E-state index in [4.69, 9.17) is 22.1 Å². The Morgan fingerprint density at radius 3 is 2.83 bits per heavy atom. The van der Waals surface area contributed by atoms with E-state index < -0.39 is 0 Å². The summed E-state index contributed by atoms with van der Waals surface area (Å²) in [7, 11) is 0. The van der Waals surface area contributed by atoms with Crippen molar-refractivity contribution in [1.29, 1.82) is 0 Å². The first-order valence-electron chi connectivity index (χ1n) is 10.0. The zero-order chi connectivity index (χ0) is 20.9. The Labute approximate surface area is 180 Å². The molecule has 7 nitrogen and oxygen atoms in total. The number of likely N-dealkylation sites (tertiary alicyclic amines) is 1. The Kier molecular flexibility index (Phi) is 6.30. The average Bonchev–Trinajstić information content (AvgIpc) is 2.79. The highest BCUT2D eigenvalue weighted by Gasteiger charge is 2.26. The van der Waals surface area contributed by atoms with Gasteiger partial charge in [-0.25, -0.2) is 9.97 Å². The summed E-state index contributed by atoms with van der Waals surface area (Å²) in [5, 5.41) is 4.78. The maximum Gasteiger partial charge on any atom is 0.236 e. The fourth-order valence-corrected chi connectivity index (χ4v) is 3.89. The second-order valence-electron chi connectivity index (χ2n) is 7.26. The van der Waals surface area contributed by atoms with Gasteiger partial charge < -0.3 is 20.7 Å². The van der Waals surface area contributed by atoms with Gasteiger partial charge in [-0.2, -0.15) is 0 Å². The van der Waals surface area contributed by atoms with E-state index in [2.05, 4.69) is 15.3 Å². The molecule has 156 valence electrons. The molecule has 1 fully saturated rings. The zero-order valence-electron chi connectivity index (χ0n) is 16.6. The van der Waals surface area contributed by atoms with E-state index in [1.54, 1.807) is 0 Å². The van der Waals surface area contributed by atoms with Crippen LogP contribution in [0.3, 0.4) is 0 Å². The molecule has 1 aliphatic rings. The molecule has 2 aromatic carbocycles. The van der Waals surface area contributed by atoms with Crippen molar-refractivity contribution in [3.05, 3.63) is 53.8 Å². The van der Waals surface area contributed by atoms with Crippen LogP contribution in [0.25, 0.3) is 10.9 Å². The van der Waals surface area contributed by atoms with Gasteiger partial charge in [0, 0.05) is 17.3 Å². The molecular weight excluding hydrogens is 402 g/mol. The van der Waals surface area contributed by atoms with Crippen LogP contribution in [-0.2, 0) is 4.79 Å². The van der Waals surface area contributed by atoms with E-state index in [9.17, 15) is 4.79 Å². The van der Waals surface area contributed by atoms with Gasteiger partial charge in [0.15, 0.2) is 0 Å². The number of aromatic nitrogens is 2. The number of carbonyl (C=O) groups excluding carboxylic acids is 1. The number of benzene rings is 2. The lowest BCUT2D eigenvalue weighted by molar-refractivity contribution is -0.134. The van der Waals surface area contributed by atoms with Gasteiger partial charge in [-0.3, -0.25) is 4.79 Å². The first-order valence-corrected chi connectivity index (χ1v) is 10.4. The quantitative estimate of drug-likeness (QED) is 0.624. The molecule has 8 heteroatoms. The van der Waals surface area contributed by atoms with E-state index in [0.29, 0.717) is 23.2 Å². The number of hydrogen-bond donors (Lipinski definition) is 2. The van der Waals surface area contributed by atoms with Crippen LogP contribution in [0.4, 0.5) is 11.5 Å². The Hall–Kier alpha value is -2.90. The third-order valence-corrected chi connectivity index (χ3v) is 5.54. The molecule has 1 aromatic heterocycles. The molecule has 0 bridgehead atoms. The average molecular weight is 426 g/mol. The predicted molar refractivity (Wildman–Crippen MR) is 118 cm³/mol. The fraction of sp³-hybridized carbons (Fsp3) is 0.318. The maximum absolute atomic E-state index is 12.2. The van der Waals surface area contributed by atoms with Crippen LogP contribution < -0.4 is 15.8 Å². The summed E-state index contributed by atoms with van der Waals surface area (Å²) in [5.41, 5.74) is 7.22.